The Morgan fingerprint density at radius 2 is 2.31 bits per heavy atom. The van der Waals surface area contributed by atoms with Crippen LogP contribution in [-0.2, 0) is 4.79 Å². The molecule has 1 N–H and O–H groups in total. The van der Waals surface area contributed by atoms with Gasteiger partial charge in [-0.3, -0.25) is 4.79 Å². The second-order valence-corrected chi connectivity index (χ2v) is 4.39. The predicted molar refractivity (Wildman–Crippen MR) is 52.3 cm³/mol. The number of allylic oxidation sites excluding steroid dienone is 2. The van der Waals surface area contributed by atoms with Gasteiger partial charge in [-0.2, -0.15) is 0 Å². The summed E-state index contributed by atoms with van der Waals surface area (Å²) in [5, 5.41) is 2.99. The van der Waals surface area contributed by atoms with Crippen molar-refractivity contribution in [2.45, 2.75) is 39.0 Å². The van der Waals surface area contributed by atoms with E-state index in [0.717, 1.165) is 38.6 Å². The summed E-state index contributed by atoms with van der Waals surface area (Å²) in [6.07, 6.45) is 7.61. The van der Waals surface area contributed by atoms with Gasteiger partial charge in [0, 0.05) is 6.54 Å². The van der Waals surface area contributed by atoms with E-state index in [1.165, 1.54) is 5.57 Å². The molecular formula is C11H17NO. The Hall–Kier alpha value is -0.790. The highest BCUT2D eigenvalue weighted by Crippen LogP contribution is 2.40. The van der Waals surface area contributed by atoms with Crippen LogP contribution in [0.25, 0.3) is 0 Å². The van der Waals surface area contributed by atoms with Crippen molar-refractivity contribution in [1.82, 2.24) is 5.32 Å². The van der Waals surface area contributed by atoms with Crippen molar-refractivity contribution in [1.29, 1.82) is 0 Å². The molecule has 1 saturated heterocycles. The molecule has 13 heavy (non-hydrogen) atoms. The first-order valence-electron chi connectivity index (χ1n) is 5.17. The zero-order valence-electron chi connectivity index (χ0n) is 8.23. The van der Waals surface area contributed by atoms with Crippen LogP contribution in [0.1, 0.15) is 39.0 Å². The Morgan fingerprint density at radius 3 is 2.92 bits per heavy atom. The summed E-state index contributed by atoms with van der Waals surface area (Å²) in [5.41, 5.74) is 1.42. The maximum absolute atomic E-state index is 11.7. The van der Waals surface area contributed by atoms with Crippen LogP contribution in [0.5, 0.6) is 0 Å². The Kier molecular flexibility index (Phi) is 2.14. The van der Waals surface area contributed by atoms with Crippen LogP contribution in [0.3, 0.4) is 0 Å². The molecular weight excluding hydrogens is 162 g/mol. The number of piperidine rings is 1. The molecule has 0 radical (unpaired) electrons. The molecule has 1 aliphatic carbocycles. The summed E-state index contributed by atoms with van der Waals surface area (Å²) < 4.78 is 0. The van der Waals surface area contributed by atoms with Gasteiger partial charge >= 0.3 is 0 Å². The molecule has 1 fully saturated rings. The Morgan fingerprint density at radius 1 is 1.46 bits per heavy atom. The molecule has 2 heteroatoms. The molecule has 1 spiro atoms. The number of carbonyl (C=O) groups is 1. The number of amides is 1. The van der Waals surface area contributed by atoms with E-state index in [0.29, 0.717) is 5.91 Å². The van der Waals surface area contributed by atoms with E-state index in [-0.39, 0.29) is 5.41 Å². The standard InChI is InChI=1S/C11H17NO/c1-9-3-6-11(7-4-9)5-2-8-12-10(11)13/h3H,2,4-8H2,1H3,(H,12,13)/t11-/m1/s1. The topological polar surface area (TPSA) is 29.1 Å². The second kappa shape index (κ2) is 3.17. The van der Waals surface area contributed by atoms with Crippen LogP contribution in [0, 0.1) is 5.41 Å². The summed E-state index contributed by atoms with van der Waals surface area (Å²) in [5.74, 6) is 0.294. The van der Waals surface area contributed by atoms with Crippen LogP contribution in [0.15, 0.2) is 11.6 Å². The third-order valence-corrected chi connectivity index (χ3v) is 3.44. The van der Waals surface area contributed by atoms with Crippen molar-refractivity contribution < 1.29 is 4.79 Å². The summed E-state index contributed by atoms with van der Waals surface area (Å²) >= 11 is 0. The van der Waals surface area contributed by atoms with Gasteiger partial charge in [-0.25, -0.2) is 0 Å². The largest absolute Gasteiger partial charge is 0.356 e. The minimum atomic E-state index is -0.0300. The number of hydrogen-bond acceptors (Lipinski definition) is 1. The lowest BCUT2D eigenvalue weighted by molar-refractivity contribution is -0.134. The maximum atomic E-state index is 11.7. The van der Waals surface area contributed by atoms with Crippen molar-refractivity contribution >= 4 is 5.91 Å². The van der Waals surface area contributed by atoms with Gasteiger partial charge in [0.05, 0.1) is 5.41 Å². The summed E-state index contributed by atoms with van der Waals surface area (Å²) in [7, 11) is 0. The lowest BCUT2D eigenvalue weighted by atomic mass is 9.70. The number of nitrogens with one attached hydrogen (secondary N) is 1. The van der Waals surface area contributed by atoms with Gasteiger partial charge in [-0.1, -0.05) is 11.6 Å². The van der Waals surface area contributed by atoms with Gasteiger partial charge in [0.15, 0.2) is 0 Å². The first-order valence-corrected chi connectivity index (χ1v) is 5.17. The van der Waals surface area contributed by atoms with E-state index in [2.05, 4.69) is 18.3 Å². The maximum Gasteiger partial charge on any atom is 0.226 e. The average molecular weight is 179 g/mol. The fraction of sp³-hybridized carbons (Fsp3) is 0.727. The van der Waals surface area contributed by atoms with Crippen molar-refractivity contribution in [3.8, 4) is 0 Å². The van der Waals surface area contributed by atoms with Crippen LogP contribution in [0.4, 0.5) is 0 Å². The van der Waals surface area contributed by atoms with Crippen LogP contribution in [0.2, 0.25) is 0 Å². The summed E-state index contributed by atoms with van der Waals surface area (Å²) in [6, 6.07) is 0. The van der Waals surface area contributed by atoms with Gasteiger partial charge in [0.25, 0.3) is 0 Å². The molecule has 1 aliphatic heterocycles. The molecule has 0 aromatic carbocycles. The monoisotopic (exact) mass is 179 g/mol. The molecule has 0 aromatic rings. The Labute approximate surface area is 79.4 Å². The number of hydrogen-bond donors (Lipinski definition) is 1. The highest BCUT2D eigenvalue weighted by molar-refractivity contribution is 5.83. The molecule has 0 bridgehead atoms. The molecule has 0 aromatic heterocycles. The normalized spacial score (nSPS) is 34.2. The Balaban J connectivity index is 2.15. The predicted octanol–water partition coefficient (Wildman–Crippen LogP) is 2.01. The lowest BCUT2D eigenvalue weighted by Crippen LogP contribution is -2.46. The SMILES string of the molecule is CC1=CC[C@]2(CCCNC2=O)CC1. The second-order valence-electron chi connectivity index (χ2n) is 4.39. The van der Waals surface area contributed by atoms with Crippen LogP contribution in [-0.4, -0.2) is 12.5 Å². The van der Waals surface area contributed by atoms with Gasteiger partial charge in [0.1, 0.15) is 0 Å². The van der Waals surface area contributed by atoms with Gasteiger partial charge in [-0.15, -0.1) is 0 Å². The molecule has 1 amide bonds. The fourth-order valence-electron chi connectivity index (χ4n) is 2.37. The summed E-state index contributed by atoms with van der Waals surface area (Å²) in [6.45, 7) is 3.04. The molecule has 2 aliphatic rings. The number of rotatable bonds is 0. The van der Waals surface area contributed by atoms with Crippen molar-refractivity contribution in [2.75, 3.05) is 6.54 Å². The number of carbonyl (C=O) groups excluding carboxylic acids is 1. The van der Waals surface area contributed by atoms with Gasteiger partial charge in [-0.05, 0) is 39.0 Å². The molecule has 0 unspecified atom stereocenters. The van der Waals surface area contributed by atoms with Crippen LogP contribution >= 0.6 is 0 Å². The van der Waals surface area contributed by atoms with Gasteiger partial charge in [0.2, 0.25) is 5.91 Å². The zero-order chi connectivity index (χ0) is 9.31. The molecule has 2 rings (SSSR count). The van der Waals surface area contributed by atoms with Crippen molar-refractivity contribution in [3.63, 3.8) is 0 Å². The average Bonchev–Trinajstić information content (AvgIpc) is 2.15. The van der Waals surface area contributed by atoms with E-state index in [1.807, 2.05) is 0 Å². The van der Waals surface area contributed by atoms with E-state index in [1.54, 1.807) is 0 Å². The van der Waals surface area contributed by atoms with Crippen LogP contribution < -0.4 is 5.32 Å². The van der Waals surface area contributed by atoms with Crippen molar-refractivity contribution in [3.05, 3.63) is 11.6 Å². The summed E-state index contributed by atoms with van der Waals surface area (Å²) in [4.78, 5) is 11.7. The van der Waals surface area contributed by atoms with E-state index in [9.17, 15) is 4.79 Å². The molecule has 0 saturated carbocycles. The van der Waals surface area contributed by atoms with E-state index >= 15 is 0 Å². The first kappa shape index (κ1) is 8.79. The molecule has 1 atom stereocenters. The van der Waals surface area contributed by atoms with E-state index in [4.69, 9.17) is 0 Å². The smallest absolute Gasteiger partial charge is 0.226 e. The molecule has 1 heterocycles. The highest BCUT2D eigenvalue weighted by atomic mass is 16.2. The zero-order valence-corrected chi connectivity index (χ0v) is 8.23. The van der Waals surface area contributed by atoms with Gasteiger partial charge < -0.3 is 5.32 Å². The lowest BCUT2D eigenvalue weighted by Gasteiger charge is -2.37. The minimum absolute atomic E-state index is 0.0300. The molecule has 72 valence electrons. The minimum Gasteiger partial charge on any atom is -0.356 e. The fourth-order valence-corrected chi connectivity index (χ4v) is 2.37. The third kappa shape index (κ3) is 1.50. The molecule has 2 nitrogen and oxygen atoms in total. The highest BCUT2D eigenvalue weighted by Gasteiger charge is 2.40. The van der Waals surface area contributed by atoms with Crippen molar-refractivity contribution in [2.24, 2.45) is 5.41 Å². The Bertz CT molecular complexity index is 257. The quantitative estimate of drug-likeness (QED) is 0.566. The van der Waals surface area contributed by atoms with E-state index < -0.39 is 0 Å². The first-order chi connectivity index (χ1) is 6.23. The third-order valence-electron chi connectivity index (χ3n) is 3.44.